The molecule has 0 spiro atoms. The number of hydrogen-bond acceptors (Lipinski definition) is 5. The molecule has 1 aromatic rings. The van der Waals surface area contributed by atoms with Gasteiger partial charge in [-0.1, -0.05) is 6.42 Å². The molecule has 0 radical (unpaired) electrons. The van der Waals surface area contributed by atoms with Crippen LogP contribution >= 0.6 is 0 Å². The summed E-state index contributed by atoms with van der Waals surface area (Å²) in [5.74, 6) is 0.412. The maximum atomic E-state index is 11.0. The summed E-state index contributed by atoms with van der Waals surface area (Å²) >= 11 is 0. The maximum absolute atomic E-state index is 11.0. The van der Waals surface area contributed by atoms with Gasteiger partial charge in [0.25, 0.3) is 0 Å². The van der Waals surface area contributed by atoms with Crippen molar-refractivity contribution in [3.63, 3.8) is 0 Å². The van der Waals surface area contributed by atoms with Crippen molar-refractivity contribution < 1.29 is 13.2 Å². The first-order valence-corrected chi connectivity index (χ1v) is 7.45. The molecule has 0 amide bonds. The Morgan fingerprint density at radius 2 is 2.28 bits per heavy atom. The number of sulfonamides is 1. The van der Waals surface area contributed by atoms with Crippen LogP contribution in [0.3, 0.4) is 0 Å². The molecule has 1 aliphatic heterocycles. The van der Waals surface area contributed by atoms with Gasteiger partial charge in [0.15, 0.2) is 0 Å². The van der Waals surface area contributed by atoms with Gasteiger partial charge in [-0.2, -0.15) is 0 Å². The number of rotatable bonds is 4. The Labute approximate surface area is 107 Å². The Hall–Kier alpha value is -1.18. The monoisotopic (exact) mass is 271 g/mol. The minimum Gasteiger partial charge on any atom is -0.476 e. The molecule has 1 aliphatic rings. The lowest BCUT2D eigenvalue weighted by molar-refractivity contribution is 0.232. The minimum atomic E-state index is -3.69. The van der Waals surface area contributed by atoms with E-state index >= 15 is 0 Å². The summed E-state index contributed by atoms with van der Waals surface area (Å²) in [5, 5.41) is 8.34. The molecule has 2 heterocycles. The van der Waals surface area contributed by atoms with E-state index in [0.717, 1.165) is 13.0 Å². The van der Waals surface area contributed by atoms with Gasteiger partial charge in [0.05, 0.1) is 6.20 Å². The van der Waals surface area contributed by atoms with E-state index in [1.54, 1.807) is 0 Å². The number of piperidine rings is 1. The highest BCUT2D eigenvalue weighted by Crippen LogP contribution is 2.13. The van der Waals surface area contributed by atoms with Gasteiger partial charge in [-0.05, 0) is 25.5 Å². The second-order valence-electron chi connectivity index (χ2n) is 4.33. The van der Waals surface area contributed by atoms with Crippen LogP contribution in [0.2, 0.25) is 0 Å². The van der Waals surface area contributed by atoms with E-state index in [1.807, 2.05) is 0 Å². The van der Waals surface area contributed by atoms with Crippen LogP contribution in [0.4, 0.5) is 0 Å². The number of nitrogens with zero attached hydrogens (tertiary/aromatic N) is 1. The summed E-state index contributed by atoms with van der Waals surface area (Å²) in [6.07, 6.45) is 4.71. The molecular formula is C11H17N3O3S. The fourth-order valence-electron chi connectivity index (χ4n) is 1.87. The predicted octanol–water partition coefficient (Wildman–Crippen LogP) is 0.250. The topological polar surface area (TPSA) is 94.3 Å². The van der Waals surface area contributed by atoms with Crippen molar-refractivity contribution in [3.8, 4) is 5.88 Å². The van der Waals surface area contributed by atoms with Crippen LogP contribution in [0, 0.1) is 0 Å². The van der Waals surface area contributed by atoms with E-state index in [-0.39, 0.29) is 4.90 Å². The van der Waals surface area contributed by atoms with Crippen LogP contribution in [0.5, 0.6) is 5.88 Å². The van der Waals surface area contributed by atoms with Crippen molar-refractivity contribution >= 4 is 10.0 Å². The largest absolute Gasteiger partial charge is 0.476 e. The molecule has 1 atom stereocenters. The van der Waals surface area contributed by atoms with E-state index in [1.165, 1.54) is 31.2 Å². The van der Waals surface area contributed by atoms with Crippen molar-refractivity contribution in [2.24, 2.45) is 5.14 Å². The van der Waals surface area contributed by atoms with Crippen molar-refractivity contribution in [2.75, 3.05) is 13.2 Å². The molecule has 0 aromatic carbocycles. The van der Waals surface area contributed by atoms with E-state index in [0.29, 0.717) is 18.5 Å². The fourth-order valence-corrected chi connectivity index (χ4v) is 2.33. The Balaban J connectivity index is 1.90. The van der Waals surface area contributed by atoms with Gasteiger partial charge in [-0.15, -0.1) is 0 Å². The summed E-state index contributed by atoms with van der Waals surface area (Å²) in [6.45, 7) is 1.56. The molecule has 1 aromatic heterocycles. The van der Waals surface area contributed by atoms with Crippen molar-refractivity contribution in [1.82, 2.24) is 10.3 Å². The van der Waals surface area contributed by atoms with Gasteiger partial charge in [-0.3, -0.25) is 0 Å². The van der Waals surface area contributed by atoms with Crippen molar-refractivity contribution in [1.29, 1.82) is 0 Å². The molecule has 0 saturated carbocycles. The molecule has 0 aliphatic carbocycles. The van der Waals surface area contributed by atoms with E-state index < -0.39 is 10.0 Å². The Bertz CT molecular complexity index is 481. The second kappa shape index (κ2) is 5.64. The lowest BCUT2D eigenvalue weighted by Crippen LogP contribution is -2.38. The third-order valence-corrected chi connectivity index (χ3v) is 3.78. The van der Waals surface area contributed by atoms with Crippen LogP contribution in [-0.4, -0.2) is 32.6 Å². The van der Waals surface area contributed by atoms with E-state index in [2.05, 4.69) is 10.3 Å². The zero-order valence-electron chi connectivity index (χ0n) is 10.0. The fraction of sp³-hybridized carbons (Fsp3) is 0.545. The highest BCUT2D eigenvalue weighted by molar-refractivity contribution is 7.89. The van der Waals surface area contributed by atoms with E-state index in [4.69, 9.17) is 9.88 Å². The molecule has 7 heteroatoms. The number of nitrogens with one attached hydrogen (secondary N) is 1. The average molecular weight is 271 g/mol. The van der Waals surface area contributed by atoms with Gasteiger partial charge in [0.2, 0.25) is 15.9 Å². The van der Waals surface area contributed by atoms with Gasteiger partial charge in [0, 0.05) is 12.1 Å². The summed E-state index contributed by atoms with van der Waals surface area (Å²) in [7, 11) is -3.69. The SMILES string of the molecule is NS(=O)(=O)c1ccc(OCC2CCCCN2)nc1. The lowest BCUT2D eigenvalue weighted by atomic mass is 10.1. The van der Waals surface area contributed by atoms with Gasteiger partial charge in [-0.25, -0.2) is 18.5 Å². The second-order valence-corrected chi connectivity index (χ2v) is 5.90. The molecule has 0 bridgehead atoms. The normalized spacial score (nSPS) is 20.6. The van der Waals surface area contributed by atoms with Crippen LogP contribution < -0.4 is 15.2 Å². The third-order valence-electron chi connectivity index (χ3n) is 2.88. The molecule has 1 saturated heterocycles. The molecule has 18 heavy (non-hydrogen) atoms. The number of nitrogens with two attached hydrogens (primary N) is 1. The summed E-state index contributed by atoms with van der Waals surface area (Å²) in [4.78, 5) is 3.91. The Morgan fingerprint density at radius 1 is 1.44 bits per heavy atom. The summed E-state index contributed by atoms with van der Waals surface area (Å²) in [5.41, 5.74) is 0. The molecular weight excluding hydrogens is 254 g/mol. The lowest BCUT2D eigenvalue weighted by Gasteiger charge is -2.23. The van der Waals surface area contributed by atoms with E-state index in [9.17, 15) is 8.42 Å². The summed E-state index contributed by atoms with van der Waals surface area (Å²) in [6, 6.07) is 3.26. The van der Waals surface area contributed by atoms with Crippen LogP contribution in [0.15, 0.2) is 23.2 Å². The molecule has 6 nitrogen and oxygen atoms in total. The van der Waals surface area contributed by atoms with Gasteiger partial charge < -0.3 is 10.1 Å². The highest BCUT2D eigenvalue weighted by Gasteiger charge is 2.13. The quantitative estimate of drug-likeness (QED) is 0.818. The Morgan fingerprint density at radius 3 is 2.83 bits per heavy atom. The predicted molar refractivity (Wildman–Crippen MR) is 66.7 cm³/mol. The first-order chi connectivity index (χ1) is 8.55. The number of hydrogen-bond donors (Lipinski definition) is 2. The smallest absolute Gasteiger partial charge is 0.239 e. The van der Waals surface area contributed by atoms with Crippen LogP contribution in [-0.2, 0) is 10.0 Å². The maximum Gasteiger partial charge on any atom is 0.239 e. The van der Waals surface area contributed by atoms with Crippen molar-refractivity contribution in [3.05, 3.63) is 18.3 Å². The third kappa shape index (κ3) is 3.66. The first kappa shape index (κ1) is 13.3. The zero-order valence-corrected chi connectivity index (χ0v) is 10.8. The molecule has 2 rings (SSSR count). The van der Waals surface area contributed by atoms with Gasteiger partial charge in [0.1, 0.15) is 11.5 Å². The number of aromatic nitrogens is 1. The summed E-state index contributed by atoms with van der Waals surface area (Å²) < 4.78 is 27.6. The molecule has 100 valence electrons. The highest BCUT2D eigenvalue weighted by atomic mass is 32.2. The van der Waals surface area contributed by atoms with Crippen LogP contribution in [0.25, 0.3) is 0 Å². The first-order valence-electron chi connectivity index (χ1n) is 5.91. The number of pyridine rings is 1. The molecule has 1 fully saturated rings. The molecule has 3 N–H and O–H groups in total. The van der Waals surface area contributed by atoms with Crippen molar-refractivity contribution in [2.45, 2.75) is 30.2 Å². The average Bonchev–Trinajstić information content (AvgIpc) is 2.37. The zero-order chi connectivity index (χ0) is 13.0. The molecule has 1 unspecified atom stereocenters. The number of ether oxygens (including phenoxy) is 1. The van der Waals surface area contributed by atoms with Crippen LogP contribution in [0.1, 0.15) is 19.3 Å². The number of primary sulfonamides is 1. The standard InChI is InChI=1S/C11H17N3O3S/c12-18(15,16)10-4-5-11(14-7-10)17-8-9-3-1-2-6-13-9/h4-5,7,9,13H,1-3,6,8H2,(H2,12,15,16). The van der Waals surface area contributed by atoms with Gasteiger partial charge >= 0.3 is 0 Å². The minimum absolute atomic E-state index is 0.00867. The Kier molecular flexibility index (Phi) is 4.15.